The van der Waals surface area contributed by atoms with Gasteiger partial charge in [0.05, 0.1) is 12.9 Å². The van der Waals surface area contributed by atoms with Crippen LogP contribution in [-0.2, 0) is 9.53 Å². The van der Waals surface area contributed by atoms with Gasteiger partial charge in [-0.25, -0.2) is 19.6 Å². The van der Waals surface area contributed by atoms with Crippen molar-refractivity contribution in [2.24, 2.45) is 0 Å². The molecule has 7 N–H and O–H groups in total. The number of carboxylic acid groups (broad SMARTS) is 1. The number of alkyl halides is 3. The number of piperidine rings is 1. The molecular formula is C41H47F3N10O7. The highest BCUT2D eigenvalue weighted by atomic mass is 19.4. The molecule has 3 aromatic heterocycles. The van der Waals surface area contributed by atoms with Crippen LogP contribution in [0.1, 0.15) is 42.5 Å². The molecule has 61 heavy (non-hydrogen) atoms. The summed E-state index contributed by atoms with van der Waals surface area (Å²) < 4.78 is 39.2. The first-order valence-corrected chi connectivity index (χ1v) is 19.9. The second-order valence-corrected chi connectivity index (χ2v) is 15.0. The number of aliphatic hydroxyl groups excluding tert-OH is 3. The number of imidazole rings is 1. The van der Waals surface area contributed by atoms with Crippen molar-refractivity contribution in [3.05, 3.63) is 103 Å². The highest BCUT2D eigenvalue weighted by molar-refractivity contribution is 5.84. The second kappa shape index (κ2) is 19.1. The number of carbonyl (C=O) groups is 2. The lowest BCUT2D eigenvalue weighted by Crippen LogP contribution is -2.50. The topological polar surface area (TPSA) is 223 Å². The minimum atomic E-state index is -5.08. The van der Waals surface area contributed by atoms with Crippen LogP contribution in [0.3, 0.4) is 0 Å². The third kappa shape index (κ3) is 10.3. The van der Waals surface area contributed by atoms with Gasteiger partial charge in [-0.3, -0.25) is 4.57 Å². The Morgan fingerprint density at radius 1 is 0.820 bits per heavy atom. The molecule has 0 unspecified atom stereocenters. The molecule has 6 heterocycles. The molecule has 2 aromatic carbocycles. The number of rotatable bonds is 11. The van der Waals surface area contributed by atoms with Crippen LogP contribution in [0.4, 0.5) is 35.5 Å². The quantitative estimate of drug-likeness (QED) is 0.101. The number of aromatic nitrogens is 5. The van der Waals surface area contributed by atoms with Gasteiger partial charge in [-0.1, -0.05) is 66.7 Å². The number of urea groups is 1. The predicted molar refractivity (Wildman–Crippen MR) is 217 cm³/mol. The number of aliphatic hydroxyl groups is 3. The summed E-state index contributed by atoms with van der Waals surface area (Å²) in [6.45, 7) is 2.81. The number of amides is 2. The monoisotopic (exact) mass is 848 g/mol. The lowest BCUT2D eigenvalue weighted by Gasteiger charge is -2.33. The Hall–Kier alpha value is -6.09. The highest BCUT2D eigenvalue weighted by Gasteiger charge is 2.44. The number of ether oxygens (including phenoxy) is 1. The van der Waals surface area contributed by atoms with E-state index in [0.717, 1.165) is 42.9 Å². The summed E-state index contributed by atoms with van der Waals surface area (Å²) in [7, 11) is 0. The number of aliphatic carboxylic acids is 1. The van der Waals surface area contributed by atoms with E-state index in [1.165, 1.54) is 6.33 Å². The molecule has 5 atom stereocenters. The van der Waals surface area contributed by atoms with Crippen molar-refractivity contribution in [1.29, 1.82) is 0 Å². The third-order valence-corrected chi connectivity index (χ3v) is 10.9. The highest BCUT2D eigenvalue weighted by Crippen LogP contribution is 2.34. The van der Waals surface area contributed by atoms with Crippen molar-refractivity contribution in [2.45, 2.75) is 68.0 Å². The third-order valence-electron chi connectivity index (χ3n) is 10.9. The average Bonchev–Trinajstić information content (AvgIpc) is 3.99. The summed E-state index contributed by atoms with van der Waals surface area (Å²) in [5.41, 5.74) is 3.16. The number of fused-ring (bicyclic) bond motifs is 1. The first-order chi connectivity index (χ1) is 29.4. The van der Waals surface area contributed by atoms with Gasteiger partial charge in [0, 0.05) is 56.9 Å². The van der Waals surface area contributed by atoms with Crippen LogP contribution in [0.5, 0.6) is 0 Å². The minimum Gasteiger partial charge on any atom is -0.475 e. The van der Waals surface area contributed by atoms with Gasteiger partial charge < -0.3 is 50.9 Å². The van der Waals surface area contributed by atoms with Gasteiger partial charge in [0.1, 0.15) is 24.1 Å². The van der Waals surface area contributed by atoms with Crippen molar-refractivity contribution in [3.8, 4) is 0 Å². The number of carbonyl (C=O) groups excluding carboxylic acids is 1. The van der Waals surface area contributed by atoms with Crippen molar-refractivity contribution in [2.75, 3.05) is 54.4 Å². The minimum absolute atomic E-state index is 0.00419. The molecule has 8 rings (SSSR count). The van der Waals surface area contributed by atoms with Crippen LogP contribution >= 0.6 is 0 Å². The zero-order valence-electron chi connectivity index (χ0n) is 32.8. The van der Waals surface area contributed by atoms with Crippen LogP contribution in [-0.4, -0.2) is 133 Å². The molecule has 0 spiro atoms. The zero-order valence-corrected chi connectivity index (χ0v) is 32.8. The van der Waals surface area contributed by atoms with Gasteiger partial charge in [0.25, 0.3) is 0 Å². The molecule has 20 heteroatoms. The van der Waals surface area contributed by atoms with Crippen LogP contribution in [0.25, 0.3) is 11.2 Å². The maximum absolute atomic E-state index is 13.1. The Kier molecular flexibility index (Phi) is 13.5. The number of hydrogen-bond acceptors (Lipinski definition) is 13. The summed E-state index contributed by atoms with van der Waals surface area (Å²) >= 11 is 0. The van der Waals surface area contributed by atoms with E-state index in [1.54, 1.807) is 10.8 Å². The van der Waals surface area contributed by atoms with E-state index in [2.05, 4.69) is 55.1 Å². The van der Waals surface area contributed by atoms with E-state index in [1.807, 2.05) is 59.5 Å². The van der Waals surface area contributed by atoms with Crippen LogP contribution in [0.2, 0.25) is 0 Å². The van der Waals surface area contributed by atoms with Gasteiger partial charge >= 0.3 is 18.2 Å². The van der Waals surface area contributed by atoms with Crippen molar-refractivity contribution < 1.29 is 47.9 Å². The summed E-state index contributed by atoms with van der Waals surface area (Å²) in [6.07, 6.45) is -3.96. The number of hydrogen-bond donors (Lipinski definition) is 7. The molecule has 0 aliphatic carbocycles. The van der Waals surface area contributed by atoms with Gasteiger partial charge in [-0.15, -0.1) is 0 Å². The Bertz CT molecular complexity index is 2180. The van der Waals surface area contributed by atoms with E-state index in [0.29, 0.717) is 49.0 Å². The zero-order chi connectivity index (χ0) is 43.1. The Morgan fingerprint density at radius 3 is 2.02 bits per heavy atom. The molecule has 0 bridgehead atoms. The normalized spacial score (nSPS) is 21.9. The fraction of sp³-hybridized carbons (Fsp3) is 0.415. The first kappa shape index (κ1) is 43.0. The van der Waals surface area contributed by atoms with Crippen LogP contribution in [0.15, 0.2) is 91.4 Å². The fourth-order valence-electron chi connectivity index (χ4n) is 7.73. The Balaban J connectivity index is 0.000000739. The first-order valence-electron chi connectivity index (χ1n) is 19.9. The standard InChI is InChI=1S/C39H46N10O5.C2HF3O2/c50-23-30-33(51)34(52)37(54-30)49-24-42-32-35(41-21-29(25-9-3-1-4-10-25)26-11-5-2-6-12-26)45-38(46-36(32)49)48-20-16-28(22-48)44-39(53)43-27-14-18-47(19-15-27)31-13-7-8-17-40-31;3-2(4,5)1(6)7/h1-13,17,24,27-30,33-34,37,50-52H,14-16,18-23H2,(H,41,45,46)(H2,43,44,53);(H,6,7)/t28-,30-,33-,34-,37-;/m1./s1. The Morgan fingerprint density at radius 2 is 1.43 bits per heavy atom. The molecule has 3 saturated heterocycles. The maximum atomic E-state index is 13.1. The fourth-order valence-corrected chi connectivity index (χ4v) is 7.73. The molecule has 17 nitrogen and oxygen atoms in total. The van der Waals surface area contributed by atoms with E-state index in [4.69, 9.17) is 24.6 Å². The molecule has 3 fully saturated rings. The molecule has 3 aliphatic rings. The second-order valence-electron chi connectivity index (χ2n) is 15.0. The lowest BCUT2D eigenvalue weighted by atomic mass is 9.91. The van der Waals surface area contributed by atoms with Gasteiger partial charge in [-0.05, 0) is 42.5 Å². The predicted octanol–water partition coefficient (Wildman–Crippen LogP) is 3.26. The SMILES string of the molecule is O=C(NC1CCN(c2ccccn2)CC1)N[C@@H]1CCN(c2nc(NCC(c3ccccc3)c3ccccc3)c3ncn([C@@H]4O[C@H](CO)[C@@H](O)[C@H]4O)c3n2)C1.O=C(O)C(F)(F)F. The van der Waals surface area contributed by atoms with Crippen LogP contribution < -0.4 is 25.8 Å². The van der Waals surface area contributed by atoms with Crippen molar-refractivity contribution >= 4 is 40.7 Å². The number of anilines is 3. The summed E-state index contributed by atoms with van der Waals surface area (Å²) in [5, 5.41) is 48.2. The average molecular weight is 849 g/mol. The summed E-state index contributed by atoms with van der Waals surface area (Å²) in [4.78, 5) is 45.3. The van der Waals surface area contributed by atoms with E-state index in [-0.39, 0.29) is 24.0 Å². The van der Waals surface area contributed by atoms with Crippen molar-refractivity contribution in [3.63, 3.8) is 0 Å². The molecule has 3 aliphatic heterocycles. The van der Waals surface area contributed by atoms with E-state index in [9.17, 15) is 33.3 Å². The number of nitrogens with zero attached hydrogens (tertiary/aromatic N) is 7. The number of benzene rings is 2. The molecule has 5 aromatic rings. The molecule has 0 saturated carbocycles. The lowest BCUT2D eigenvalue weighted by molar-refractivity contribution is -0.192. The molecular weight excluding hydrogens is 802 g/mol. The smallest absolute Gasteiger partial charge is 0.475 e. The van der Waals surface area contributed by atoms with Gasteiger partial charge in [0.15, 0.2) is 23.2 Å². The van der Waals surface area contributed by atoms with Crippen molar-refractivity contribution in [1.82, 2.24) is 35.1 Å². The van der Waals surface area contributed by atoms with E-state index < -0.39 is 43.3 Å². The Labute approximate surface area is 348 Å². The largest absolute Gasteiger partial charge is 0.490 e. The van der Waals surface area contributed by atoms with Crippen LogP contribution in [0, 0.1) is 0 Å². The van der Waals surface area contributed by atoms with Gasteiger partial charge in [-0.2, -0.15) is 23.1 Å². The number of halogens is 3. The number of pyridine rings is 1. The molecule has 2 amide bonds. The summed E-state index contributed by atoms with van der Waals surface area (Å²) in [5.74, 6) is -0.860. The summed E-state index contributed by atoms with van der Waals surface area (Å²) in [6, 6.07) is 26.2. The van der Waals surface area contributed by atoms with Gasteiger partial charge in [0.2, 0.25) is 5.95 Å². The number of carboxylic acids is 1. The number of nitrogens with one attached hydrogen (secondary N) is 3. The maximum Gasteiger partial charge on any atom is 0.490 e. The molecule has 0 radical (unpaired) electrons. The van der Waals surface area contributed by atoms with E-state index >= 15 is 0 Å². The molecule has 324 valence electrons.